The third kappa shape index (κ3) is 1.46. The molecule has 0 fully saturated rings. The minimum Gasteiger partial charge on any atom is -0.289 e. The van der Waals surface area contributed by atoms with Crippen molar-refractivity contribution < 1.29 is 5.11 Å². The van der Waals surface area contributed by atoms with Gasteiger partial charge in [0.1, 0.15) is 0 Å². The summed E-state index contributed by atoms with van der Waals surface area (Å²) in [5, 5.41) is 14.6. The predicted octanol–water partition coefficient (Wildman–Crippen LogP) is 5.14. The Morgan fingerprint density at radius 2 is 0.778 bits per heavy atom. The van der Waals surface area contributed by atoms with Crippen LogP contribution in [0, 0.1) is 48.5 Å². The molecule has 0 aliphatic carbocycles. The Morgan fingerprint density at radius 1 is 0.444 bits per heavy atom. The van der Waals surface area contributed by atoms with E-state index in [9.17, 15) is 5.11 Å². The van der Waals surface area contributed by atoms with Gasteiger partial charge in [-0.2, -0.15) is 0 Å². The highest BCUT2D eigenvalue weighted by Gasteiger charge is 2.18. The van der Waals surface area contributed by atoms with E-state index in [0.29, 0.717) is 0 Å². The van der Waals surface area contributed by atoms with Crippen LogP contribution in [0.25, 0.3) is 10.8 Å². The van der Waals surface area contributed by atoms with Crippen molar-refractivity contribution in [3.05, 3.63) is 38.9 Å². The zero-order valence-electron chi connectivity index (χ0n) is 12.4. The van der Waals surface area contributed by atoms with Gasteiger partial charge in [0.05, 0.1) is 0 Å². The number of aryl methyl sites for hydroxylation is 3. The summed E-state index contributed by atoms with van der Waals surface area (Å²) in [5.41, 5.74) is 8.25. The van der Waals surface area contributed by atoms with E-state index in [-0.39, 0.29) is 5.75 Å². The number of hydrogen-bond acceptors (Lipinski definition) is 0. The third-order valence-corrected chi connectivity index (χ3v) is 4.76. The van der Waals surface area contributed by atoms with E-state index >= 15 is 0 Å². The molecule has 0 saturated heterocycles. The normalized spacial score (nSPS) is 11.3. The van der Waals surface area contributed by atoms with E-state index in [1.807, 2.05) is 6.92 Å². The molecule has 0 aliphatic rings. The molecule has 0 amide bonds. The van der Waals surface area contributed by atoms with Crippen molar-refractivity contribution >= 4 is 10.8 Å². The summed E-state index contributed by atoms with van der Waals surface area (Å²) in [6.45, 7) is 14.6. The molecule has 2 aromatic rings. The third-order valence-electron chi connectivity index (χ3n) is 4.76. The lowest BCUT2D eigenvalue weighted by molar-refractivity contribution is 0.356. The van der Waals surface area contributed by atoms with Gasteiger partial charge in [-0.1, -0.05) is 0 Å². The monoisotopic (exact) mass is 241 g/mol. The van der Waals surface area contributed by atoms with Gasteiger partial charge in [0.15, 0.2) is 5.75 Å². The van der Waals surface area contributed by atoms with E-state index in [1.165, 1.54) is 27.6 Å². The van der Waals surface area contributed by atoms with E-state index < -0.39 is 0 Å². The van der Waals surface area contributed by atoms with E-state index in [4.69, 9.17) is 0 Å². The molecule has 1 heteroatoms. The largest absolute Gasteiger partial charge is 0.289 e. The van der Waals surface area contributed by atoms with Crippen LogP contribution < -0.4 is 0 Å². The van der Waals surface area contributed by atoms with Crippen LogP contribution in [0.15, 0.2) is 0 Å². The van der Waals surface area contributed by atoms with Crippen molar-refractivity contribution in [1.29, 1.82) is 0 Å². The van der Waals surface area contributed by atoms with Crippen LogP contribution in [0.2, 0.25) is 0 Å². The molecule has 2 rings (SSSR count). The predicted molar refractivity (Wildman–Crippen MR) is 77.2 cm³/mol. The summed E-state index contributed by atoms with van der Waals surface area (Å²) in [6, 6.07) is 0. The molecule has 0 aliphatic heterocycles. The number of rotatable bonds is 0. The summed E-state index contributed by atoms with van der Waals surface area (Å²) >= 11 is 0. The number of fused-ring (bicyclic) bond motifs is 1. The average Bonchev–Trinajstić information content (AvgIpc) is 2.35. The minimum atomic E-state index is 0.205. The Hall–Kier alpha value is -1.50. The van der Waals surface area contributed by atoms with Gasteiger partial charge >= 0.3 is 0 Å². The first-order valence-electron chi connectivity index (χ1n) is 6.45. The first-order chi connectivity index (χ1) is 8.29. The topological polar surface area (TPSA) is 19.9 Å². The molecule has 0 atom stereocenters. The highest BCUT2D eigenvalue weighted by Crippen LogP contribution is 2.40. The molecule has 0 heterocycles. The maximum atomic E-state index is 12.5. The fraction of sp³-hybridized carbons (Fsp3) is 0.412. The van der Waals surface area contributed by atoms with Gasteiger partial charge in [0.25, 0.3) is 0 Å². The van der Waals surface area contributed by atoms with Gasteiger partial charge in [-0.05, 0) is 87.2 Å². The Labute approximate surface area is 109 Å². The van der Waals surface area contributed by atoms with Gasteiger partial charge in [0.2, 0.25) is 0 Å². The lowest BCUT2D eigenvalue weighted by atomic mass is 9.86. The maximum absolute atomic E-state index is 12.5. The molecule has 0 unspecified atom stereocenters. The molecule has 2 aromatic carbocycles. The second-order valence-corrected chi connectivity index (χ2v) is 5.45. The van der Waals surface area contributed by atoms with Gasteiger partial charge in [-0.15, -0.1) is 0 Å². The van der Waals surface area contributed by atoms with Crippen LogP contribution in [-0.4, -0.2) is 0 Å². The van der Waals surface area contributed by atoms with Crippen molar-refractivity contribution in [3.8, 4) is 5.75 Å². The summed E-state index contributed by atoms with van der Waals surface area (Å²) in [6.07, 6.45) is 0. The Balaban J connectivity index is 3.22. The molecular formula is C17H21O. The first kappa shape index (κ1) is 12.9. The lowest BCUT2D eigenvalue weighted by Gasteiger charge is -2.19. The molecule has 0 saturated carbocycles. The maximum Gasteiger partial charge on any atom is 0.189 e. The second kappa shape index (κ2) is 4.01. The summed E-state index contributed by atoms with van der Waals surface area (Å²) < 4.78 is 0. The Bertz CT molecular complexity index is 551. The molecule has 95 valence electrons. The molecule has 18 heavy (non-hydrogen) atoms. The lowest BCUT2D eigenvalue weighted by Crippen LogP contribution is -1.99. The zero-order chi connectivity index (χ0) is 13.8. The molecule has 1 nitrogen and oxygen atoms in total. The highest BCUT2D eigenvalue weighted by atomic mass is 16.3. The quantitative estimate of drug-likeness (QED) is 0.608. The fourth-order valence-corrected chi connectivity index (χ4v) is 2.89. The van der Waals surface area contributed by atoms with Crippen LogP contribution in [0.1, 0.15) is 38.9 Å². The molecule has 0 N–H and O–H groups in total. The molecule has 0 spiro atoms. The number of hydrogen-bond donors (Lipinski definition) is 0. The van der Waals surface area contributed by atoms with Crippen LogP contribution >= 0.6 is 0 Å². The van der Waals surface area contributed by atoms with Gasteiger partial charge in [0, 0.05) is 10.9 Å². The van der Waals surface area contributed by atoms with E-state index in [0.717, 1.165) is 22.1 Å². The molecule has 1 radical (unpaired) electrons. The van der Waals surface area contributed by atoms with Gasteiger partial charge in [-0.25, -0.2) is 0 Å². The van der Waals surface area contributed by atoms with Gasteiger partial charge < -0.3 is 0 Å². The summed E-state index contributed by atoms with van der Waals surface area (Å²) in [4.78, 5) is 0. The summed E-state index contributed by atoms with van der Waals surface area (Å²) in [5.74, 6) is 0.205. The van der Waals surface area contributed by atoms with E-state index in [2.05, 4.69) is 41.5 Å². The second-order valence-electron chi connectivity index (χ2n) is 5.45. The van der Waals surface area contributed by atoms with Crippen molar-refractivity contribution in [3.63, 3.8) is 0 Å². The Morgan fingerprint density at radius 3 is 1.22 bits per heavy atom. The SMILES string of the molecule is Cc1c(C)c(C)c2c([O])c(C)c(C)c(C)c2c1C. The van der Waals surface area contributed by atoms with Crippen LogP contribution in [0.3, 0.4) is 0 Å². The van der Waals surface area contributed by atoms with Crippen molar-refractivity contribution in [1.82, 2.24) is 0 Å². The van der Waals surface area contributed by atoms with Crippen LogP contribution in [-0.2, 0) is 5.11 Å². The van der Waals surface area contributed by atoms with Crippen LogP contribution in [0.5, 0.6) is 5.75 Å². The first-order valence-corrected chi connectivity index (χ1v) is 6.45. The highest BCUT2D eigenvalue weighted by molar-refractivity contribution is 5.99. The molecule has 0 bridgehead atoms. The fourth-order valence-electron chi connectivity index (χ4n) is 2.89. The minimum absolute atomic E-state index is 0.205. The average molecular weight is 241 g/mol. The van der Waals surface area contributed by atoms with Crippen LogP contribution in [0.4, 0.5) is 0 Å². The zero-order valence-corrected chi connectivity index (χ0v) is 12.4. The smallest absolute Gasteiger partial charge is 0.189 e. The summed E-state index contributed by atoms with van der Waals surface area (Å²) in [7, 11) is 0. The molecular weight excluding hydrogens is 220 g/mol. The Kier molecular flexibility index (Phi) is 2.89. The van der Waals surface area contributed by atoms with E-state index in [1.54, 1.807) is 0 Å². The van der Waals surface area contributed by atoms with Crippen molar-refractivity contribution in [2.45, 2.75) is 48.5 Å². The standard InChI is InChI=1S/C17H21O/c1-8-9(2)13(6)16-15(11(8)4)12(5)10(3)14(7)17(16)18/h1-7H3. The number of benzene rings is 2. The van der Waals surface area contributed by atoms with Crippen molar-refractivity contribution in [2.24, 2.45) is 0 Å². The molecule has 0 aromatic heterocycles. The van der Waals surface area contributed by atoms with Gasteiger partial charge in [-0.3, -0.25) is 5.11 Å². The van der Waals surface area contributed by atoms with Crippen molar-refractivity contribution in [2.75, 3.05) is 0 Å².